The van der Waals surface area contributed by atoms with Crippen molar-refractivity contribution in [3.8, 4) is 23.1 Å². The van der Waals surface area contributed by atoms with Crippen LogP contribution in [0.25, 0.3) is 11.3 Å². The number of benzene rings is 1. The highest BCUT2D eigenvalue weighted by molar-refractivity contribution is 5.70. The molecule has 3 rings (SSSR count). The lowest BCUT2D eigenvalue weighted by atomic mass is 9.93. The minimum atomic E-state index is 0.0631. The van der Waals surface area contributed by atoms with Gasteiger partial charge in [0.25, 0.3) is 0 Å². The van der Waals surface area contributed by atoms with Crippen molar-refractivity contribution in [2.45, 2.75) is 26.2 Å². The van der Waals surface area contributed by atoms with Crippen LogP contribution in [0.4, 0.5) is 0 Å². The molecule has 0 amide bonds. The van der Waals surface area contributed by atoms with E-state index in [0.29, 0.717) is 22.7 Å². The number of aromatic hydroxyl groups is 1. The Morgan fingerprint density at radius 3 is 2.83 bits per heavy atom. The van der Waals surface area contributed by atoms with Crippen molar-refractivity contribution < 1.29 is 5.11 Å². The Morgan fingerprint density at radius 1 is 1.33 bits per heavy atom. The highest BCUT2D eigenvalue weighted by Gasteiger charge is 2.19. The minimum absolute atomic E-state index is 0.0631. The molecular formula is C19H22N4O. The number of nitriles is 1. The SMILES string of the molecule is Cc1cc(CC2CCCN(C)C2)nnc1-c1ccc(C#N)cc1O. The Morgan fingerprint density at radius 2 is 2.17 bits per heavy atom. The summed E-state index contributed by atoms with van der Waals surface area (Å²) in [6, 6.07) is 8.95. The quantitative estimate of drug-likeness (QED) is 0.940. The van der Waals surface area contributed by atoms with Crippen LogP contribution in [-0.2, 0) is 6.42 Å². The first-order valence-electron chi connectivity index (χ1n) is 8.32. The highest BCUT2D eigenvalue weighted by atomic mass is 16.3. The van der Waals surface area contributed by atoms with E-state index in [1.807, 2.05) is 13.0 Å². The van der Waals surface area contributed by atoms with E-state index in [0.717, 1.165) is 24.2 Å². The molecule has 1 aliphatic heterocycles. The number of phenolic OH excluding ortho intramolecular Hbond substituents is 1. The molecule has 1 unspecified atom stereocenters. The van der Waals surface area contributed by atoms with E-state index in [4.69, 9.17) is 5.26 Å². The number of aromatic nitrogens is 2. The van der Waals surface area contributed by atoms with E-state index in [9.17, 15) is 5.11 Å². The fourth-order valence-electron chi connectivity index (χ4n) is 3.44. The number of aryl methyl sites for hydroxylation is 1. The van der Waals surface area contributed by atoms with Crippen molar-refractivity contribution in [3.63, 3.8) is 0 Å². The summed E-state index contributed by atoms with van der Waals surface area (Å²) in [5, 5.41) is 27.7. The predicted molar refractivity (Wildman–Crippen MR) is 92.5 cm³/mol. The van der Waals surface area contributed by atoms with Crippen molar-refractivity contribution in [2.24, 2.45) is 5.92 Å². The first-order chi connectivity index (χ1) is 11.6. The van der Waals surface area contributed by atoms with Crippen molar-refractivity contribution >= 4 is 0 Å². The predicted octanol–water partition coefficient (Wildman–Crippen LogP) is 2.91. The molecule has 2 heterocycles. The lowest BCUT2D eigenvalue weighted by Crippen LogP contribution is -2.33. The highest BCUT2D eigenvalue weighted by Crippen LogP contribution is 2.30. The average Bonchev–Trinajstić information content (AvgIpc) is 2.55. The largest absolute Gasteiger partial charge is 0.507 e. The lowest BCUT2D eigenvalue weighted by molar-refractivity contribution is 0.208. The maximum atomic E-state index is 10.1. The van der Waals surface area contributed by atoms with E-state index >= 15 is 0 Å². The van der Waals surface area contributed by atoms with Gasteiger partial charge in [0.15, 0.2) is 0 Å². The molecule has 1 fully saturated rings. The zero-order valence-electron chi connectivity index (χ0n) is 14.2. The van der Waals surface area contributed by atoms with Gasteiger partial charge in [-0.25, -0.2) is 0 Å². The minimum Gasteiger partial charge on any atom is -0.507 e. The van der Waals surface area contributed by atoms with Crippen LogP contribution in [0.15, 0.2) is 24.3 Å². The molecule has 0 spiro atoms. The van der Waals surface area contributed by atoms with Gasteiger partial charge in [0, 0.05) is 12.1 Å². The molecule has 1 aromatic heterocycles. The smallest absolute Gasteiger partial charge is 0.126 e. The van der Waals surface area contributed by atoms with E-state index in [1.54, 1.807) is 12.1 Å². The molecule has 2 aromatic rings. The molecule has 1 saturated heterocycles. The van der Waals surface area contributed by atoms with Crippen LogP contribution < -0.4 is 0 Å². The summed E-state index contributed by atoms with van der Waals surface area (Å²) in [4.78, 5) is 2.37. The molecule has 24 heavy (non-hydrogen) atoms. The Labute approximate surface area is 142 Å². The molecule has 0 bridgehead atoms. The fraction of sp³-hybridized carbons (Fsp3) is 0.421. The standard InChI is InChI=1S/C19H22N4O/c1-13-8-16(9-15-4-3-7-23(2)12-15)21-22-19(13)17-6-5-14(11-20)10-18(17)24/h5-6,8,10,15,24H,3-4,7,9,12H2,1-2H3. The molecule has 5 heteroatoms. The van der Waals surface area contributed by atoms with Gasteiger partial charge in [0.1, 0.15) is 5.75 Å². The van der Waals surface area contributed by atoms with Crippen LogP contribution in [0.5, 0.6) is 5.75 Å². The van der Waals surface area contributed by atoms with Crippen LogP contribution in [0, 0.1) is 24.2 Å². The number of piperidine rings is 1. The van der Waals surface area contributed by atoms with Gasteiger partial charge in [-0.1, -0.05) is 0 Å². The van der Waals surface area contributed by atoms with Gasteiger partial charge in [-0.2, -0.15) is 10.4 Å². The van der Waals surface area contributed by atoms with Crippen molar-refractivity contribution in [2.75, 3.05) is 20.1 Å². The van der Waals surface area contributed by atoms with Gasteiger partial charge in [0.2, 0.25) is 0 Å². The van der Waals surface area contributed by atoms with Crippen LogP contribution in [0.2, 0.25) is 0 Å². The maximum absolute atomic E-state index is 10.1. The molecule has 0 aliphatic carbocycles. The second-order valence-corrected chi connectivity index (χ2v) is 6.69. The zero-order chi connectivity index (χ0) is 17.1. The maximum Gasteiger partial charge on any atom is 0.126 e. The monoisotopic (exact) mass is 322 g/mol. The Kier molecular flexibility index (Phi) is 4.77. The van der Waals surface area contributed by atoms with Gasteiger partial charge in [-0.05, 0) is 75.5 Å². The number of hydrogen-bond donors (Lipinski definition) is 1. The summed E-state index contributed by atoms with van der Waals surface area (Å²) >= 11 is 0. The van der Waals surface area contributed by atoms with Gasteiger partial charge in [-0.15, -0.1) is 5.10 Å². The van der Waals surface area contributed by atoms with E-state index < -0.39 is 0 Å². The Balaban J connectivity index is 1.81. The second-order valence-electron chi connectivity index (χ2n) is 6.69. The van der Waals surface area contributed by atoms with E-state index in [-0.39, 0.29) is 5.75 Å². The molecule has 124 valence electrons. The number of likely N-dealkylation sites (tertiary alicyclic amines) is 1. The Bertz CT molecular complexity index is 781. The third-order valence-electron chi connectivity index (χ3n) is 4.64. The number of hydrogen-bond acceptors (Lipinski definition) is 5. The molecule has 0 saturated carbocycles. The number of nitrogens with zero attached hydrogens (tertiary/aromatic N) is 4. The summed E-state index contributed by atoms with van der Waals surface area (Å²) in [5.41, 5.74) is 3.71. The van der Waals surface area contributed by atoms with E-state index in [1.165, 1.54) is 25.5 Å². The first kappa shape index (κ1) is 16.4. The van der Waals surface area contributed by atoms with Crippen molar-refractivity contribution in [1.82, 2.24) is 15.1 Å². The van der Waals surface area contributed by atoms with Crippen LogP contribution in [0.3, 0.4) is 0 Å². The molecular weight excluding hydrogens is 300 g/mol. The lowest BCUT2D eigenvalue weighted by Gasteiger charge is -2.29. The summed E-state index contributed by atoms with van der Waals surface area (Å²) < 4.78 is 0. The molecule has 1 aromatic carbocycles. The zero-order valence-corrected chi connectivity index (χ0v) is 14.2. The Hall–Kier alpha value is -2.45. The average molecular weight is 322 g/mol. The molecule has 5 nitrogen and oxygen atoms in total. The molecule has 1 aliphatic rings. The van der Waals surface area contributed by atoms with Gasteiger partial charge in [0.05, 0.1) is 23.0 Å². The molecule has 1 N–H and O–H groups in total. The van der Waals surface area contributed by atoms with Crippen molar-refractivity contribution in [1.29, 1.82) is 5.26 Å². The van der Waals surface area contributed by atoms with Crippen LogP contribution in [0.1, 0.15) is 29.7 Å². The summed E-state index contributed by atoms with van der Waals surface area (Å²) in [7, 11) is 2.17. The summed E-state index contributed by atoms with van der Waals surface area (Å²) in [5.74, 6) is 0.694. The normalized spacial score (nSPS) is 18.3. The van der Waals surface area contributed by atoms with Crippen LogP contribution in [-0.4, -0.2) is 40.3 Å². The number of phenols is 1. The first-order valence-corrected chi connectivity index (χ1v) is 8.32. The molecule has 1 atom stereocenters. The van der Waals surface area contributed by atoms with Gasteiger partial charge in [-0.3, -0.25) is 0 Å². The molecule has 0 radical (unpaired) electrons. The number of rotatable bonds is 3. The third kappa shape index (κ3) is 3.55. The van der Waals surface area contributed by atoms with Gasteiger partial charge < -0.3 is 10.0 Å². The van der Waals surface area contributed by atoms with Gasteiger partial charge >= 0.3 is 0 Å². The van der Waals surface area contributed by atoms with E-state index in [2.05, 4.69) is 28.2 Å². The topological polar surface area (TPSA) is 73.0 Å². The van der Waals surface area contributed by atoms with Crippen molar-refractivity contribution in [3.05, 3.63) is 41.1 Å². The second kappa shape index (κ2) is 6.98. The third-order valence-corrected chi connectivity index (χ3v) is 4.64. The fourth-order valence-corrected chi connectivity index (χ4v) is 3.44. The van der Waals surface area contributed by atoms with Crippen LogP contribution >= 0.6 is 0 Å². The summed E-state index contributed by atoms with van der Waals surface area (Å²) in [6.45, 7) is 4.27. The summed E-state index contributed by atoms with van der Waals surface area (Å²) in [6.07, 6.45) is 3.42.